The number of nitrogens with one attached hydrogen (secondary N) is 2. The average molecular weight is 402 g/mol. The number of methoxy groups -OCH3 is 1. The third-order valence-corrected chi connectivity index (χ3v) is 4.79. The monoisotopic (exact) mass is 402 g/mol. The quantitative estimate of drug-likeness (QED) is 0.495. The van der Waals surface area contributed by atoms with Crippen molar-refractivity contribution in [1.82, 2.24) is 30.3 Å². The van der Waals surface area contributed by atoms with Crippen LogP contribution in [0.4, 0.5) is 0 Å². The molecule has 0 fully saturated rings. The second kappa shape index (κ2) is 8.60. The Kier molecular flexibility index (Phi) is 5.56. The van der Waals surface area contributed by atoms with Gasteiger partial charge in [-0.3, -0.25) is 19.6 Å². The number of aromatic nitrogens is 5. The van der Waals surface area contributed by atoms with E-state index < -0.39 is 0 Å². The van der Waals surface area contributed by atoms with Crippen LogP contribution < -0.4 is 10.1 Å². The number of carbonyl (C=O) groups excluding carboxylic acids is 1. The highest BCUT2D eigenvalue weighted by atomic mass is 16.5. The molecule has 8 nitrogen and oxygen atoms in total. The number of amides is 1. The fourth-order valence-corrected chi connectivity index (χ4v) is 3.21. The zero-order valence-corrected chi connectivity index (χ0v) is 16.8. The molecule has 1 aromatic carbocycles. The van der Waals surface area contributed by atoms with E-state index in [1.165, 1.54) is 6.20 Å². The minimum Gasteiger partial charge on any atom is -0.497 e. The first-order valence-electron chi connectivity index (χ1n) is 9.56. The molecule has 0 aliphatic carbocycles. The molecule has 0 saturated carbocycles. The van der Waals surface area contributed by atoms with Gasteiger partial charge in [-0.1, -0.05) is 12.1 Å². The maximum atomic E-state index is 12.4. The Hall–Kier alpha value is -3.94. The summed E-state index contributed by atoms with van der Waals surface area (Å²) in [5, 5.41) is 14.4. The van der Waals surface area contributed by atoms with E-state index >= 15 is 0 Å². The number of aromatic amines is 1. The lowest BCUT2D eigenvalue weighted by atomic mass is 10.1. The first-order chi connectivity index (χ1) is 14.7. The Labute approximate surface area is 173 Å². The summed E-state index contributed by atoms with van der Waals surface area (Å²) in [5.41, 5.74) is 4.94. The summed E-state index contributed by atoms with van der Waals surface area (Å²) < 4.78 is 7.26. The van der Waals surface area contributed by atoms with Crippen molar-refractivity contribution in [2.24, 2.45) is 0 Å². The molecule has 4 aromatic rings. The first kappa shape index (κ1) is 19.4. The molecule has 1 amide bonds. The number of hydrogen-bond donors (Lipinski definition) is 2. The van der Waals surface area contributed by atoms with Crippen molar-refractivity contribution in [2.75, 3.05) is 13.7 Å². The van der Waals surface area contributed by atoms with Crippen LogP contribution in [-0.2, 0) is 6.54 Å². The minimum absolute atomic E-state index is 0.163. The predicted molar refractivity (Wildman–Crippen MR) is 113 cm³/mol. The molecule has 30 heavy (non-hydrogen) atoms. The van der Waals surface area contributed by atoms with Crippen molar-refractivity contribution in [3.8, 4) is 28.3 Å². The fraction of sp³-hybridized carbons (Fsp3) is 0.182. The van der Waals surface area contributed by atoms with Gasteiger partial charge in [0.1, 0.15) is 5.75 Å². The molecular formula is C22H22N6O2. The van der Waals surface area contributed by atoms with Gasteiger partial charge < -0.3 is 10.1 Å². The standard InChI is InChI=1S/C22H22N6O2/c1-15-19(14-25-26-15)22(29)24-9-10-28-21(16-5-3-7-18(11-16)30-2)12-20(27-28)17-6-4-8-23-13-17/h3-8,11-14H,9-10H2,1-2H3,(H,24,29)(H,25,26). The van der Waals surface area contributed by atoms with Gasteiger partial charge in [0.2, 0.25) is 0 Å². The molecular weight excluding hydrogens is 380 g/mol. The van der Waals surface area contributed by atoms with Gasteiger partial charge >= 0.3 is 0 Å². The van der Waals surface area contributed by atoms with Gasteiger partial charge in [0.25, 0.3) is 5.91 Å². The van der Waals surface area contributed by atoms with Crippen molar-refractivity contribution in [3.05, 3.63) is 72.3 Å². The number of H-pyrrole nitrogens is 1. The third kappa shape index (κ3) is 4.07. The zero-order chi connectivity index (χ0) is 20.9. The van der Waals surface area contributed by atoms with Crippen molar-refractivity contribution in [2.45, 2.75) is 13.5 Å². The number of carbonyl (C=O) groups is 1. The number of pyridine rings is 1. The lowest BCUT2D eigenvalue weighted by Gasteiger charge is -2.10. The highest BCUT2D eigenvalue weighted by Crippen LogP contribution is 2.28. The summed E-state index contributed by atoms with van der Waals surface area (Å²) in [6, 6.07) is 13.7. The number of aryl methyl sites for hydroxylation is 1. The molecule has 3 heterocycles. The fourth-order valence-electron chi connectivity index (χ4n) is 3.21. The Morgan fingerprint density at radius 2 is 2.03 bits per heavy atom. The van der Waals surface area contributed by atoms with Crippen LogP contribution in [0.25, 0.3) is 22.5 Å². The number of ether oxygens (including phenoxy) is 1. The minimum atomic E-state index is -0.163. The van der Waals surface area contributed by atoms with Crippen LogP contribution in [0, 0.1) is 6.92 Å². The maximum absolute atomic E-state index is 12.4. The van der Waals surface area contributed by atoms with E-state index in [4.69, 9.17) is 9.84 Å². The van der Waals surface area contributed by atoms with E-state index in [9.17, 15) is 4.79 Å². The van der Waals surface area contributed by atoms with Crippen LogP contribution in [0.2, 0.25) is 0 Å². The molecule has 0 unspecified atom stereocenters. The van der Waals surface area contributed by atoms with Gasteiger partial charge in [-0.25, -0.2) is 0 Å². The Balaban J connectivity index is 1.59. The van der Waals surface area contributed by atoms with Crippen molar-refractivity contribution in [1.29, 1.82) is 0 Å². The van der Waals surface area contributed by atoms with Gasteiger partial charge in [0.05, 0.1) is 36.8 Å². The molecule has 0 atom stereocenters. The van der Waals surface area contributed by atoms with Gasteiger partial charge in [-0.15, -0.1) is 0 Å². The van der Waals surface area contributed by atoms with E-state index in [1.54, 1.807) is 19.5 Å². The van der Waals surface area contributed by atoms with Gasteiger partial charge in [0.15, 0.2) is 0 Å². The van der Waals surface area contributed by atoms with Gasteiger partial charge in [0, 0.05) is 35.8 Å². The van der Waals surface area contributed by atoms with Gasteiger partial charge in [-0.05, 0) is 37.3 Å². The highest BCUT2D eigenvalue weighted by Gasteiger charge is 2.14. The SMILES string of the molecule is COc1cccc(-c2cc(-c3cccnc3)nn2CCNC(=O)c2cn[nH]c2C)c1. The van der Waals surface area contributed by atoms with Crippen LogP contribution in [0.3, 0.4) is 0 Å². The second-order valence-electron chi connectivity index (χ2n) is 6.78. The molecule has 4 rings (SSSR count). The summed E-state index contributed by atoms with van der Waals surface area (Å²) in [6.07, 6.45) is 5.04. The first-order valence-corrected chi connectivity index (χ1v) is 9.56. The van der Waals surface area contributed by atoms with E-state index in [-0.39, 0.29) is 5.91 Å². The maximum Gasteiger partial charge on any atom is 0.254 e. The topological polar surface area (TPSA) is 97.7 Å². The van der Waals surface area contributed by atoms with Crippen LogP contribution in [-0.4, -0.2) is 44.5 Å². The van der Waals surface area contributed by atoms with Crippen molar-refractivity contribution in [3.63, 3.8) is 0 Å². The number of rotatable bonds is 7. The molecule has 2 N–H and O–H groups in total. The predicted octanol–water partition coefficient (Wildman–Crippen LogP) is 3.08. The number of hydrogen-bond acceptors (Lipinski definition) is 5. The lowest BCUT2D eigenvalue weighted by molar-refractivity contribution is 0.0951. The van der Waals surface area contributed by atoms with E-state index in [1.807, 2.05) is 54.1 Å². The van der Waals surface area contributed by atoms with E-state index in [0.717, 1.165) is 34.0 Å². The van der Waals surface area contributed by atoms with Gasteiger partial charge in [-0.2, -0.15) is 10.2 Å². The molecule has 8 heteroatoms. The van der Waals surface area contributed by atoms with Crippen molar-refractivity contribution >= 4 is 5.91 Å². The Bertz CT molecular complexity index is 1150. The van der Waals surface area contributed by atoms with Crippen LogP contribution in [0.5, 0.6) is 5.75 Å². The number of nitrogens with zero attached hydrogens (tertiary/aromatic N) is 4. The van der Waals surface area contributed by atoms with E-state index in [0.29, 0.717) is 18.7 Å². The Morgan fingerprint density at radius 1 is 1.17 bits per heavy atom. The molecule has 0 spiro atoms. The summed E-state index contributed by atoms with van der Waals surface area (Å²) in [5.74, 6) is 0.607. The summed E-state index contributed by atoms with van der Waals surface area (Å²) in [4.78, 5) is 16.5. The molecule has 0 aliphatic heterocycles. The third-order valence-electron chi connectivity index (χ3n) is 4.79. The normalized spacial score (nSPS) is 10.7. The summed E-state index contributed by atoms with van der Waals surface area (Å²) >= 11 is 0. The molecule has 0 saturated heterocycles. The Morgan fingerprint density at radius 3 is 2.77 bits per heavy atom. The molecule has 3 aromatic heterocycles. The highest BCUT2D eigenvalue weighted by molar-refractivity contribution is 5.94. The average Bonchev–Trinajstić information content (AvgIpc) is 3.41. The molecule has 0 radical (unpaired) electrons. The largest absolute Gasteiger partial charge is 0.497 e. The molecule has 152 valence electrons. The smallest absolute Gasteiger partial charge is 0.254 e. The van der Waals surface area contributed by atoms with E-state index in [2.05, 4.69) is 20.5 Å². The zero-order valence-electron chi connectivity index (χ0n) is 16.8. The lowest BCUT2D eigenvalue weighted by Crippen LogP contribution is -2.28. The molecule has 0 aliphatic rings. The number of benzene rings is 1. The van der Waals surface area contributed by atoms with Crippen LogP contribution >= 0.6 is 0 Å². The van der Waals surface area contributed by atoms with Crippen molar-refractivity contribution < 1.29 is 9.53 Å². The molecule has 0 bridgehead atoms. The van der Waals surface area contributed by atoms with Crippen LogP contribution in [0.1, 0.15) is 16.1 Å². The summed E-state index contributed by atoms with van der Waals surface area (Å²) in [7, 11) is 1.64. The second-order valence-corrected chi connectivity index (χ2v) is 6.78. The summed E-state index contributed by atoms with van der Waals surface area (Å²) in [6.45, 7) is 2.75. The van der Waals surface area contributed by atoms with Crippen LogP contribution in [0.15, 0.2) is 61.1 Å².